The molecule has 1 saturated heterocycles. The van der Waals surface area contributed by atoms with Crippen LogP contribution in [0.4, 0.5) is 0 Å². The maximum Gasteiger partial charge on any atom is 0.227 e. The number of nitrogens with one attached hydrogen (secondary N) is 1. The molecule has 1 unspecified atom stereocenters. The first-order chi connectivity index (χ1) is 7.76. The Kier molecular flexibility index (Phi) is 2.99. The van der Waals surface area contributed by atoms with Crippen LogP contribution in [-0.4, -0.2) is 26.7 Å². The number of hydrogen-bond donors (Lipinski definition) is 1. The molecule has 0 aromatic heterocycles. The lowest BCUT2D eigenvalue weighted by atomic mass is 9.96. The van der Waals surface area contributed by atoms with Crippen LogP contribution in [-0.2, 0) is 4.79 Å². The SMILES string of the molecule is COc1ccc(C2CCNC2=O)c(OC)c1. The zero-order valence-electron chi connectivity index (χ0n) is 9.45. The highest BCUT2D eigenvalue weighted by Crippen LogP contribution is 2.33. The van der Waals surface area contributed by atoms with Gasteiger partial charge >= 0.3 is 0 Å². The van der Waals surface area contributed by atoms with Crippen molar-refractivity contribution in [1.29, 1.82) is 0 Å². The summed E-state index contributed by atoms with van der Waals surface area (Å²) in [6, 6.07) is 5.55. The lowest BCUT2D eigenvalue weighted by Gasteiger charge is -2.13. The molecule has 4 nitrogen and oxygen atoms in total. The van der Waals surface area contributed by atoms with Crippen LogP contribution >= 0.6 is 0 Å². The molecule has 1 aliphatic rings. The third-order valence-electron chi connectivity index (χ3n) is 2.86. The summed E-state index contributed by atoms with van der Waals surface area (Å²) in [7, 11) is 3.21. The number of methoxy groups -OCH3 is 2. The van der Waals surface area contributed by atoms with Gasteiger partial charge in [0.15, 0.2) is 0 Å². The Hall–Kier alpha value is -1.71. The number of amides is 1. The van der Waals surface area contributed by atoms with E-state index in [9.17, 15) is 4.79 Å². The zero-order chi connectivity index (χ0) is 11.5. The summed E-state index contributed by atoms with van der Waals surface area (Å²) in [5.41, 5.74) is 0.929. The second kappa shape index (κ2) is 4.43. The molecule has 0 bridgehead atoms. The quantitative estimate of drug-likeness (QED) is 0.837. The second-order valence-corrected chi connectivity index (χ2v) is 3.74. The van der Waals surface area contributed by atoms with Crippen LogP contribution < -0.4 is 14.8 Å². The molecule has 1 amide bonds. The summed E-state index contributed by atoms with van der Waals surface area (Å²) in [5, 5.41) is 2.82. The number of hydrogen-bond acceptors (Lipinski definition) is 3. The van der Waals surface area contributed by atoms with Crippen molar-refractivity contribution in [3.8, 4) is 11.5 Å². The summed E-state index contributed by atoms with van der Waals surface area (Å²) >= 11 is 0. The van der Waals surface area contributed by atoms with Gasteiger partial charge < -0.3 is 14.8 Å². The number of benzene rings is 1. The van der Waals surface area contributed by atoms with Gasteiger partial charge in [-0.1, -0.05) is 6.07 Å². The van der Waals surface area contributed by atoms with E-state index in [4.69, 9.17) is 9.47 Å². The van der Waals surface area contributed by atoms with Crippen molar-refractivity contribution in [1.82, 2.24) is 5.32 Å². The summed E-state index contributed by atoms with van der Waals surface area (Å²) in [6.07, 6.45) is 0.821. The molecule has 0 radical (unpaired) electrons. The summed E-state index contributed by atoms with van der Waals surface area (Å²) < 4.78 is 10.4. The molecular formula is C12H15NO3. The Morgan fingerprint density at radius 3 is 2.69 bits per heavy atom. The lowest BCUT2D eigenvalue weighted by Crippen LogP contribution is -2.18. The Labute approximate surface area is 94.6 Å². The molecule has 86 valence electrons. The molecule has 1 aliphatic heterocycles. The molecule has 1 N–H and O–H groups in total. The van der Waals surface area contributed by atoms with Crippen molar-refractivity contribution in [2.24, 2.45) is 0 Å². The van der Waals surface area contributed by atoms with Gasteiger partial charge in [0, 0.05) is 18.2 Å². The van der Waals surface area contributed by atoms with Crippen LogP contribution in [0.5, 0.6) is 11.5 Å². The smallest absolute Gasteiger partial charge is 0.227 e. The summed E-state index contributed by atoms with van der Waals surface area (Å²) in [4.78, 5) is 11.6. The molecule has 0 spiro atoms. The largest absolute Gasteiger partial charge is 0.497 e. The average Bonchev–Trinajstić information content (AvgIpc) is 2.74. The zero-order valence-corrected chi connectivity index (χ0v) is 9.45. The van der Waals surface area contributed by atoms with Gasteiger partial charge in [0.05, 0.1) is 20.1 Å². The normalized spacial score (nSPS) is 19.4. The van der Waals surface area contributed by atoms with E-state index in [1.165, 1.54) is 0 Å². The summed E-state index contributed by atoms with van der Waals surface area (Å²) in [5.74, 6) is 1.42. The number of carbonyl (C=O) groups excluding carboxylic acids is 1. The van der Waals surface area contributed by atoms with E-state index in [1.807, 2.05) is 12.1 Å². The van der Waals surface area contributed by atoms with Crippen molar-refractivity contribution in [2.45, 2.75) is 12.3 Å². The molecule has 1 aromatic rings. The topological polar surface area (TPSA) is 47.6 Å². The van der Waals surface area contributed by atoms with Crippen molar-refractivity contribution >= 4 is 5.91 Å². The van der Waals surface area contributed by atoms with E-state index in [0.29, 0.717) is 5.75 Å². The minimum absolute atomic E-state index is 0.0727. The van der Waals surface area contributed by atoms with E-state index in [2.05, 4.69) is 5.32 Å². The van der Waals surface area contributed by atoms with E-state index in [0.717, 1.165) is 24.3 Å². The Bertz CT molecular complexity index is 403. The van der Waals surface area contributed by atoms with Crippen molar-refractivity contribution in [3.63, 3.8) is 0 Å². The Morgan fingerprint density at radius 1 is 1.31 bits per heavy atom. The molecule has 1 fully saturated rings. The lowest BCUT2D eigenvalue weighted by molar-refractivity contribution is -0.120. The fourth-order valence-corrected chi connectivity index (χ4v) is 2.00. The third-order valence-corrected chi connectivity index (χ3v) is 2.86. The molecule has 16 heavy (non-hydrogen) atoms. The molecule has 1 heterocycles. The van der Waals surface area contributed by atoms with Gasteiger partial charge in [0.25, 0.3) is 0 Å². The van der Waals surface area contributed by atoms with E-state index >= 15 is 0 Å². The molecule has 1 atom stereocenters. The minimum Gasteiger partial charge on any atom is -0.497 e. The number of carbonyl (C=O) groups is 1. The van der Waals surface area contributed by atoms with Gasteiger partial charge in [-0.15, -0.1) is 0 Å². The molecular weight excluding hydrogens is 206 g/mol. The van der Waals surface area contributed by atoms with Crippen LogP contribution in [0.1, 0.15) is 17.9 Å². The van der Waals surface area contributed by atoms with E-state index in [-0.39, 0.29) is 11.8 Å². The molecule has 2 rings (SSSR count). The van der Waals surface area contributed by atoms with E-state index < -0.39 is 0 Å². The van der Waals surface area contributed by atoms with Crippen LogP contribution in [0.3, 0.4) is 0 Å². The minimum atomic E-state index is -0.0964. The van der Waals surface area contributed by atoms with Crippen molar-refractivity contribution in [3.05, 3.63) is 23.8 Å². The van der Waals surface area contributed by atoms with Gasteiger partial charge in [0.2, 0.25) is 5.91 Å². The van der Waals surface area contributed by atoms with E-state index in [1.54, 1.807) is 20.3 Å². The maximum absolute atomic E-state index is 11.6. The maximum atomic E-state index is 11.6. The third kappa shape index (κ3) is 1.83. The first kappa shape index (κ1) is 10.8. The van der Waals surface area contributed by atoms with Crippen molar-refractivity contribution < 1.29 is 14.3 Å². The molecule has 0 saturated carbocycles. The highest BCUT2D eigenvalue weighted by molar-refractivity contribution is 5.86. The van der Waals surface area contributed by atoms with Gasteiger partial charge in [0.1, 0.15) is 11.5 Å². The van der Waals surface area contributed by atoms with Crippen LogP contribution in [0, 0.1) is 0 Å². The number of rotatable bonds is 3. The fourth-order valence-electron chi connectivity index (χ4n) is 2.00. The van der Waals surface area contributed by atoms with Crippen molar-refractivity contribution in [2.75, 3.05) is 20.8 Å². The molecule has 1 aromatic carbocycles. The standard InChI is InChI=1S/C12H15NO3/c1-15-8-3-4-9(11(7-8)16-2)10-5-6-13-12(10)14/h3-4,7,10H,5-6H2,1-2H3,(H,13,14). The van der Waals surface area contributed by atoms with Crippen LogP contribution in [0.15, 0.2) is 18.2 Å². The predicted octanol–water partition coefficient (Wildman–Crippen LogP) is 1.31. The first-order valence-electron chi connectivity index (χ1n) is 5.26. The number of ether oxygens (including phenoxy) is 2. The monoisotopic (exact) mass is 221 g/mol. The van der Waals surface area contributed by atoms with Gasteiger partial charge in [-0.2, -0.15) is 0 Å². The van der Waals surface area contributed by atoms with Crippen LogP contribution in [0.2, 0.25) is 0 Å². The van der Waals surface area contributed by atoms with Crippen LogP contribution in [0.25, 0.3) is 0 Å². The molecule has 4 heteroatoms. The predicted molar refractivity (Wildman–Crippen MR) is 59.9 cm³/mol. The van der Waals surface area contributed by atoms with Gasteiger partial charge in [-0.3, -0.25) is 4.79 Å². The van der Waals surface area contributed by atoms with Gasteiger partial charge in [-0.05, 0) is 12.5 Å². The highest BCUT2D eigenvalue weighted by Gasteiger charge is 2.28. The summed E-state index contributed by atoms with van der Waals surface area (Å²) in [6.45, 7) is 0.735. The Morgan fingerprint density at radius 2 is 2.12 bits per heavy atom. The second-order valence-electron chi connectivity index (χ2n) is 3.74. The average molecular weight is 221 g/mol. The molecule has 0 aliphatic carbocycles. The highest BCUT2D eigenvalue weighted by atomic mass is 16.5. The Balaban J connectivity index is 2.36. The van der Waals surface area contributed by atoms with Gasteiger partial charge in [-0.25, -0.2) is 0 Å². The fraction of sp³-hybridized carbons (Fsp3) is 0.417. The first-order valence-corrected chi connectivity index (χ1v) is 5.26.